The lowest BCUT2D eigenvalue weighted by atomic mass is 10.2. The number of rotatable bonds is 7. The zero-order chi connectivity index (χ0) is 15.9. The van der Waals surface area contributed by atoms with Gasteiger partial charge < -0.3 is 14.8 Å². The van der Waals surface area contributed by atoms with Crippen molar-refractivity contribution in [3.05, 3.63) is 53.1 Å². The number of halogens is 1. The first-order valence-corrected chi connectivity index (χ1v) is 7.81. The molecular formula is C18H22ClNO2. The third kappa shape index (κ3) is 4.31. The largest absolute Gasteiger partial charge is 0.495 e. The van der Waals surface area contributed by atoms with E-state index in [-0.39, 0.29) is 6.10 Å². The van der Waals surface area contributed by atoms with Crippen LogP contribution in [0.25, 0.3) is 0 Å². The molecule has 2 aromatic rings. The molecule has 0 aromatic heterocycles. The molecule has 0 aliphatic heterocycles. The summed E-state index contributed by atoms with van der Waals surface area (Å²) in [6.07, 6.45) is 1.02. The lowest BCUT2D eigenvalue weighted by Gasteiger charge is -2.20. The molecule has 2 rings (SSSR count). The number of hydrogen-bond donors (Lipinski definition) is 1. The first-order valence-electron chi connectivity index (χ1n) is 7.43. The van der Waals surface area contributed by atoms with Crippen LogP contribution in [-0.2, 0) is 0 Å². The molecule has 118 valence electrons. The van der Waals surface area contributed by atoms with E-state index in [0.717, 1.165) is 23.4 Å². The van der Waals surface area contributed by atoms with E-state index in [1.807, 2.05) is 36.4 Å². The number of benzene rings is 2. The molecule has 0 saturated carbocycles. The Labute approximate surface area is 137 Å². The standard InChI is InChI=1S/C18H22ClNO2/c1-4-15(22-17-8-6-5-7-13(17)2)12-20-14-9-10-18(21-3)16(19)11-14/h5-11,15,20H,4,12H2,1-3H3/t15-/m0/s1. The zero-order valence-electron chi connectivity index (χ0n) is 13.2. The molecule has 3 nitrogen and oxygen atoms in total. The Balaban J connectivity index is 1.96. The van der Waals surface area contributed by atoms with Crippen LogP contribution in [0, 0.1) is 6.92 Å². The maximum absolute atomic E-state index is 6.13. The van der Waals surface area contributed by atoms with E-state index in [4.69, 9.17) is 21.1 Å². The van der Waals surface area contributed by atoms with E-state index in [1.54, 1.807) is 7.11 Å². The Bertz CT molecular complexity index is 616. The van der Waals surface area contributed by atoms with Crippen LogP contribution >= 0.6 is 11.6 Å². The fourth-order valence-corrected chi connectivity index (χ4v) is 2.40. The summed E-state index contributed by atoms with van der Waals surface area (Å²) in [5.41, 5.74) is 2.10. The van der Waals surface area contributed by atoms with Crippen molar-refractivity contribution < 1.29 is 9.47 Å². The molecule has 1 N–H and O–H groups in total. The average Bonchev–Trinajstić information content (AvgIpc) is 2.53. The summed E-state index contributed by atoms with van der Waals surface area (Å²) in [5.74, 6) is 1.61. The van der Waals surface area contributed by atoms with E-state index in [1.165, 1.54) is 0 Å². The van der Waals surface area contributed by atoms with Gasteiger partial charge >= 0.3 is 0 Å². The van der Waals surface area contributed by atoms with Gasteiger partial charge in [-0.3, -0.25) is 0 Å². The summed E-state index contributed by atoms with van der Waals surface area (Å²) >= 11 is 6.13. The van der Waals surface area contributed by atoms with Crippen molar-refractivity contribution in [1.82, 2.24) is 0 Å². The van der Waals surface area contributed by atoms with Gasteiger partial charge in [-0.15, -0.1) is 0 Å². The van der Waals surface area contributed by atoms with Crippen LogP contribution in [0.3, 0.4) is 0 Å². The molecule has 0 bridgehead atoms. The molecule has 0 radical (unpaired) electrons. The highest BCUT2D eigenvalue weighted by molar-refractivity contribution is 6.32. The Morgan fingerprint density at radius 3 is 2.55 bits per heavy atom. The van der Waals surface area contributed by atoms with Crippen LogP contribution in [0.2, 0.25) is 5.02 Å². The van der Waals surface area contributed by atoms with Gasteiger partial charge in [-0.25, -0.2) is 0 Å². The van der Waals surface area contributed by atoms with E-state index in [2.05, 4.69) is 25.2 Å². The van der Waals surface area contributed by atoms with Crippen LogP contribution in [0.1, 0.15) is 18.9 Å². The van der Waals surface area contributed by atoms with E-state index in [9.17, 15) is 0 Å². The second-order valence-electron chi connectivity index (χ2n) is 5.14. The van der Waals surface area contributed by atoms with Crippen molar-refractivity contribution in [2.75, 3.05) is 19.0 Å². The molecule has 0 amide bonds. The molecule has 22 heavy (non-hydrogen) atoms. The Kier molecular flexibility index (Phi) is 5.96. The van der Waals surface area contributed by atoms with Crippen molar-refractivity contribution in [3.8, 4) is 11.5 Å². The lowest BCUT2D eigenvalue weighted by molar-refractivity contribution is 0.208. The average molecular weight is 320 g/mol. The van der Waals surface area contributed by atoms with Crippen LogP contribution in [0.4, 0.5) is 5.69 Å². The van der Waals surface area contributed by atoms with Gasteiger partial charge in [-0.2, -0.15) is 0 Å². The van der Waals surface area contributed by atoms with E-state index in [0.29, 0.717) is 17.3 Å². The third-order valence-corrected chi connectivity index (χ3v) is 3.82. The number of nitrogens with one attached hydrogen (secondary N) is 1. The molecular weight excluding hydrogens is 298 g/mol. The fraction of sp³-hybridized carbons (Fsp3) is 0.333. The molecule has 0 saturated heterocycles. The summed E-state index contributed by atoms with van der Waals surface area (Å²) in [7, 11) is 1.61. The first kappa shape index (κ1) is 16.5. The number of anilines is 1. The van der Waals surface area contributed by atoms with Crippen LogP contribution in [0.15, 0.2) is 42.5 Å². The van der Waals surface area contributed by atoms with Crippen LogP contribution < -0.4 is 14.8 Å². The number of hydrogen-bond acceptors (Lipinski definition) is 3. The highest BCUT2D eigenvalue weighted by Gasteiger charge is 2.10. The van der Waals surface area contributed by atoms with Crippen molar-refractivity contribution in [2.45, 2.75) is 26.4 Å². The lowest BCUT2D eigenvalue weighted by Crippen LogP contribution is -2.25. The Morgan fingerprint density at radius 1 is 1.14 bits per heavy atom. The summed E-state index contributed by atoms with van der Waals surface area (Å²) in [5, 5.41) is 3.96. The van der Waals surface area contributed by atoms with Crippen molar-refractivity contribution >= 4 is 17.3 Å². The van der Waals surface area contributed by atoms with Gasteiger partial charge in [0.25, 0.3) is 0 Å². The molecule has 0 aliphatic rings. The Hall–Kier alpha value is -1.87. The first-order chi connectivity index (χ1) is 10.6. The van der Waals surface area contributed by atoms with Gasteiger partial charge in [0.15, 0.2) is 0 Å². The summed E-state index contributed by atoms with van der Waals surface area (Å²) in [6.45, 7) is 4.89. The minimum absolute atomic E-state index is 0.0991. The van der Waals surface area contributed by atoms with Gasteiger partial charge in [0, 0.05) is 5.69 Å². The second-order valence-corrected chi connectivity index (χ2v) is 5.55. The molecule has 0 fully saturated rings. The van der Waals surface area contributed by atoms with Gasteiger partial charge in [0.05, 0.1) is 18.7 Å². The maximum atomic E-state index is 6.13. The molecule has 4 heteroatoms. The SMILES string of the molecule is CC[C@@H](CNc1ccc(OC)c(Cl)c1)Oc1ccccc1C. The van der Waals surface area contributed by atoms with E-state index < -0.39 is 0 Å². The molecule has 0 heterocycles. The molecule has 0 unspecified atom stereocenters. The van der Waals surface area contributed by atoms with Crippen molar-refractivity contribution in [1.29, 1.82) is 0 Å². The quantitative estimate of drug-likeness (QED) is 0.785. The molecule has 1 atom stereocenters. The number of methoxy groups -OCH3 is 1. The van der Waals surface area contributed by atoms with Crippen LogP contribution in [0.5, 0.6) is 11.5 Å². The minimum Gasteiger partial charge on any atom is -0.495 e. The highest BCUT2D eigenvalue weighted by Crippen LogP contribution is 2.27. The normalized spacial score (nSPS) is 11.8. The maximum Gasteiger partial charge on any atom is 0.137 e. The summed E-state index contributed by atoms with van der Waals surface area (Å²) < 4.78 is 11.2. The predicted octanol–water partition coefficient (Wildman–Crippen LogP) is 4.93. The van der Waals surface area contributed by atoms with Gasteiger partial charge in [0.2, 0.25) is 0 Å². The summed E-state index contributed by atoms with van der Waals surface area (Å²) in [4.78, 5) is 0. The van der Waals surface area contributed by atoms with Crippen LogP contribution in [-0.4, -0.2) is 19.8 Å². The van der Waals surface area contributed by atoms with Crippen molar-refractivity contribution in [3.63, 3.8) is 0 Å². The van der Waals surface area contributed by atoms with Gasteiger partial charge in [-0.05, 0) is 43.2 Å². The molecule has 0 spiro atoms. The van der Waals surface area contributed by atoms with Crippen molar-refractivity contribution in [2.24, 2.45) is 0 Å². The number of ether oxygens (including phenoxy) is 2. The monoisotopic (exact) mass is 319 g/mol. The highest BCUT2D eigenvalue weighted by atomic mass is 35.5. The third-order valence-electron chi connectivity index (χ3n) is 3.53. The van der Waals surface area contributed by atoms with Gasteiger partial charge in [0.1, 0.15) is 17.6 Å². The second kappa shape index (κ2) is 7.95. The molecule has 0 aliphatic carbocycles. The number of aryl methyl sites for hydroxylation is 1. The fourth-order valence-electron chi connectivity index (χ4n) is 2.15. The smallest absolute Gasteiger partial charge is 0.137 e. The minimum atomic E-state index is 0.0991. The van der Waals surface area contributed by atoms with Gasteiger partial charge in [-0.1, -0.05) is 36.7 Å². The summed E-state index contributed by atoms with van der Waals surface area (Å²) in [6, 6.07) is 13.7. The molecule has 2 aromatic carbocycles. The Morgan fingerprint density at radius 2 is 1.91 bits per heavy atom. The number of para-hydroxylation sites is 1. The van der Waals surface area contributed by atoms with E-state index >= 15 is 0 Å². The zero-order valence-corrected chi connectivity index (χ0v) is 14.0. The predicted molar refractivity (Wildman–Crippen MR) is 92.4 cm³/mol. The topological polar surface area (TPSA) is 30.5 Å².